The quantitative estimate of drug-likeness (QED) is 0.777. The zero-order valence-corrected chi connectivity index (χ0v) is 8.43. The first-order chi connectivity index (χ1) is 7.77. The second kappa shape index (κ2) is 3.30. The van der Waals surface area contributed by atoms with Crippen LogP contribution in [0.3, 0.4) is 0 Å². The van der Waals surface area contributed by atoms with E-state index >= 15 is 0 Å². The van der Waals surface area contributed by atoms with Gasteiger partial charge in [-0.05, 0) is 12.5 Å². The van der Waals surface area contributed by atoms with E-state index in [9.17, 15) is 4.79 Å². The van der Waals surface area contributed by atoms with Crippen molar-refractivity contribution in [3.05, 3.63) is 17.7 Å². The summed E-state index contributed by atoms with van der Waals surface area (Å²) in [7, 11) is 0. The summed E-state index contributed by atoms with van der Waals surface area (Å²) in [6.45, 7) is 0.552. The molecule has 5 nitrogen and oxygen atoms in total. The molecular weight excluding hydrogens is 212 g/mol. The van der Waals surface area contributed by atoms with Crippen LogP contribution in [0.15, 0.2) is 12.1 Å². The van der Waals surface area contributed by atoms with Crippen LogP contribution in [-0.4, -0.2) is 24.5 Å². The third kappa shape index (κ3) is 1.21. The number of ether oxygens (including phenoxy) is 3. The predicted octanol–water partition coefficient (Wildman–Crippen LogP) is 1.37. The fourth-order valence-electron chi connectivity index (χ4n) is 2.08. The minimum absolute atomic E-state index is 0.160. The average molecular weight is 222 g/mol. The SMILES string of the molecule is O=C(O)C1CCOc2c1ccc1c2OCO1. The maximum absolute atomic E-state index is 11.1. The first-order valence-corrected chi connectivity index (χ1v) is 5.05. The highest BCUT2D eigenvalue weighted by molar-refractivity contribution is 5.79. The summed E-state index contributed by atoms with van der Waals surface area (Å²) in [6, 6.07) is 3.46. The molecule has 1 aromatic rings. The van der Waals surface area contributed by atoms with E-state index in [4.69, 9.17) is 19.3 Å². The van der Waals surface area contributed by atoms with Crippen LogP contribution in [0.5, 0.6) is 17.2 Å². The minimum atomic E-state index is -0.830. The third-order valence-corrected chi connectivity index (χ3v) is 2.85. The van der Waals surface area contributed by atoms with Crippen molar-refractivity contribution in [2.75, 3.05) is 13.4 Å². The number of carboxylic acids is 1. The number of carbonyl (C=O) groups is 1. The lowest BCUT2D eigenvalue weighted by molar-refractivity contribution is -0.139. The van der Waals surface area contributed by atoms with E-state index in [0.717, 1.165) is 0 Å². The first kappa shape index (κ1) is 9.33. The summed E-state index contributed by atoms with van der Waals surface area (Å²) in [4.78, 5) is 11.1. The molecule has 3 rings (SSSR count). The van der Waals surface area contributed by atoms with E-state index in [1.807, 2.05) is 0 Å². The molecule has 2 heterocycles. The number of carboxylic acid groups (broad SMARTS) is 1. The molecule has 5 heteroatoms. The van der Waals surface area contributed by atoms with E-state index in [2.05, 4.69) is 0 Å². The van der Waals surface area contributed by atoms with E-state index in [1.165, 1.54) is 0 Å². The van der Waals surface area contributed by atoms with Crippen molar-refractivity contribution >= 4 is 5.97 Å². The predicted molar refractivity (Wildman–Crippen MR) is 53.1 cm³/mol. The van der Waals surface area contributed by atoms with Crippen LogP contribution < -0.4 is 14.2 Å². The molecule has 0 spiro atoms. The summed E-state index contributed by atoms with van der Waals surface area (Å²) < 4.78 is 16.0. The Hall–Kier alpha value is -1.91. The van der Waals surface area contributed by atoms with Crippen LogP contribution >= 0.6 is 0 Å². The third-order valence-electron chi connectivity index (χ3n) is 2.85. The number of hydrogen-bond acceptors (Lipinski definition) is 4. The van der Waals surface area contributed by atoms with Crippen molar-refractivity contribution < 1.29 is 24.1 Å². The van der Waals surface area contributed by atoms with E-state index in [-0.39, 0.29) is 6.79 Å². The zero-order valence-electron chi connectivity index (χ0n) is 8.43. The van der Waals surface area contributed by atoms with Gasteiger partial charge in [0, 0.05) is 5.56 Å². The van der Waals surface area contributed by atoms with Gasteiger partial charge in [-0.3, -0.25) is 4.79 Å². The van der Waals surface area contributed by atoms with Crippen LogP contribution in [0.1, 0.15) is 17.9 Å². The lowest BCUT2D eigenvalue weighted by atomic mass is 9.93. The van der Waals surface area contributed by atoms with Crippen LogP contribution in [0.2, 0.25) is 0 Å². The van der Waals surface area contributed by atoms with Crippen molar-refractivity contribution in [3.63, 3.8) is 0 Å². The van der Waals surface area contributed by atoms with Gasteiger partial charge in [0.2, 0.25) is 12.5 Å². The highest BCUT2D eigenvalue weighted by atomic mass is 16.7. The van der Waals surface area contributed by atoms with Gasteiger partial charge in [-0.15, -0.1) is 0 Å². The molecule has 0 saturated carbocycles. The molecule has 0 aliphatic carbocycles. The van der Waals surface area contributed by atoms with Crippen LogP contribution in [0, 0.1) is 0 Å². The van der Waals surface area contributed by atoms with Gasteiger partial charge >= 0.3 is 5.97 Å². The largest absolute Gasteiger partial charge is 0.489 e. The number of fused-ring (bicyclic) bond motifs is 3. The Labute approximate surface area is 91.5 Å². The normalized spacial score (nSPS) is 21.1. The topological polar surface area (TPSA) is 65.0 Å². The molecule has 0 fully saturated rings. The Morgan fingerprint density at radius 2 is 2.12 bits per heavy atom. The highest BCUT2D eigenvalue weighted by Crippen LogP contribution is 2.47. The van der Waals surface area contributed by atoms with Gasteiger partial charge in [-0.1, -0.05) is 6.07 Å². The Kier molecular flexibility index (Phi) is 1.92. The summed E-state index contributed by atoms with van der Waals surface area (Å²) in [5, 5.41) is 9.11. The van der Waals surface area contributed by atoms with Gasteiger partial charge < -0.3 is 19.3 Å². The van der Waals surface area contributed by atoms with Crippen molar-refractivity contribution in [3.8, 4) is 17.2 Å². The second-order valence-electron chi connectivity index (χ2n) is 3.75. The van der Waals surface area contributed by atoms with E-state index < -0.39 is 11.9 Å². The number of benzene rings is 1. The van der Waals surface area contributed by atoms with Crippen molar-refractivity contribution in [2.24, 2.45) is 0 Å². The monoisotopic (exact) mass is 222 g/mol. The molecule has 0 bridgehead atoms. The number of rotatable bonds is 1. The Bertz CT molecular complexity index is 454. The summed E-state index contributed by atoms with van der Waals surface area (Å²) in [6.07, 6.45) is 0.488. The van der Waals surface area contributed by atoms with Crippen molar-refractivity contribution in [2.45, 2.75) is 12.3 Å². The molecule has 0 amide bonds. The maximum Gasteiger partial charge on any atom is 0.311 e. The van der Waals surface area contributed by atoms with Crippen LogP contribution in [0.4, 0.5) is 0 Å². The van der Waals surface area contributed by atoms with Crippen LogP contribution in [0.25, 0.3) is 0 Å². The van der Waals surface area contributed by atoms with Gasteiger partial charge in [0.1, 0.15) is 0 Å². The number of hydrogen-bond donors (Lipinski definition) is 1. The summed E-state index contributed by atoms with van der Waals surface area (Å²) in [5.74, 6) is 0.323. The molecule has 1 unspecified atom stereocenters. The summed E-state index contributed by atoms with van der Waals surface area (Å²) in [5.41, 5.74) is 0.669. The Balaban J connectivity index is 2.13. The lowest BCUT2D eigenvalue weighted by Gasteiger charge is -2.23. The Morgan fingerprint density at radius 1 is 1.25 bits per heavy atom. The molecule has 16 heavy (non-hydrogen) atoms. The van der Waals surface area contributed by atoms with Gasteiger partial charge in [0.05, 0.1) is 12.5 Å². The molecule has 1 N–H and O–H groups in total. The average Bonchev–Trinajstić information content (AvgIpc) is 2.76. The Morgan fingerprint density at radius 3 is 2.94 bits per heavy atom. The molecule has 0 saturated heterocycles. The highest BCUT2D eigenvalue weighted by Gasteiger charge is 2.32. The zero-order chi connectivity index (χ0) is 11.1. The maximum atomic E-state index is 11.1. The lowest BCUT2D eigenvalue weighted by Crippen LogP contribution is -2.21. The summed E-state index contributed by atoms with van der Waals surface area (Å²) >= 11 is 0. The molecular formula is C11H10O5. The molecule has 2 aliphatic rings. The van der Waals surface area contributed by atoms with Gasteiger partial charge in [0.25, 0.3) is 0 Å². The number of aliphatic carboxylic acids is 1. The van der Waals surface area contributed by atoms with E-state index in [1.54, 1.807) is 12.1 Å². The molecule has 0 radical (unpaired) electrons. The van der Waals surface area contributed by atoms with Crippen molar-refractivity contribution in [1.82, 2.24) is 0 Å². The first-order valence-electron chi connectivity index (χ1n) is 5.05. The fraction of sp³-hybridized carbons (Fsp3) is 0.364. The van der Waals surface area contributed by atoms with E-state index in [0.29, 0.717) is 35.8 Å². The molecule has 0 aromatic heterocycles. The minimum Gasteiger partial charge on any atom is -0.489 e. The van der Waals surface area contributed by atoms with Crippen LogP contribution in [-0.2, 0) is 4.79 Å². The standard InChI is InChI=1S/C11H10O5/c12-11(13)7-3-4-14-9-6(7)1-2-8-10(9)16-5-15-8/h1-2,7H,3-5H2,(H,12,13). The van der Waals surface area contributed by atoms with Gasteiger partial charge in [0.15, 0.2) is 11.5 Å². The van der Waals surface area contributed by atoms with Crippen molar-refractivity contribution in [1.29, 1.82) is 0 Å². The molecule has 84 valence electrons. The molecule has 1 aromatic carbocycles. The van der Waals surface area contributed by atoms with Gasteiger partial charge in [-0.25, -0.2) is 0 Å². The fourth-order valence-corrected chi connectivity index (χ4v) is 2.08. The second-order valence-corrected chi connectivity index (χ2v) is 3.75. The smallest absolute Gasteiger partial charge is 0.311 e. The van der Waals surface area contributed by atoms with Gasteiger partial charge in [-0.2, -0.15) is 0 Å². The molecule has 2 aliphatic heterocycles. The molecule has 1 atom stereocenters.